The Morgan fingerprint density at radius 3 is 2.42 bits per heavy atom. The smallest absolute Gasteiger partial charge is 0.266 e. The molecule has 0 aliphatic rings. The van der Waals surface area contributed by atoms with E-state index in [2.05, 4.69) is 5.32 Å². The van der Waals surface area contributed by atoms with Crippen LogP contribution >= 0.6 is 23.2 Å². The second-order valence-corrected chi connectivity index (χ2v) is 7.15. The fourth-order valence-electron chi connectivity index (χ4n) is 2.65. The highest BCUT2D eigenvalue weighted by Gasteiger charge is 2.14. The first-order chi connectivity index (χ1) is 14.9. The van der Waals surface area contributed by atoms with E-state index in [9.17, 15) is 18.8 Å². The van der Waals surface area contributed by atoms with E-state index in [-0.39, 0.29) is 33.7 Å². The van der Waals surface area contributed by atoms with Crippen molar-refractivity contribution in [1.82, 2.24) is 0 Å². The number of benzene rings is 3. The molecule has 0 spiro atoms. The van der Waals surface area contributed by atoms with Gasteiger partial charge in [-0.15, -0.1) is 0 Å². The number of ether oxygens (including phenoxy) is 1. The summed E-state index contributed by atoms with van der Waals surface area (Å²) in [5, 5.41) is 12.0. The third-order valence-corrected chi connectivity index (χ3v) is 4.65. The molecule has 1 amide bonds. The number of amides is 1. The van der Waals surface area contributed by atoms with Gasteiger partial charge < -0.3 is 10.1 Å². The van der Waals surface area contributed by atoms with Crippen molar-refractivity contribution in [2.45, 2.75) is 6.61 Å². The lowest BCUT2D eigenvalue weighted by Crippen LogP contribution is -2.14. The van der Waals surface area contributed by atoms with Gasteiger partial charge in [-0.05, 0) is 53.6 Å². The summed E-state index contributed by atoms with van der Waals surface area (Å²) >= 11 is 12.5. The van der Waals surface area contributed by atoms with Gasteiger partial charge >= 0.3 is 0 Å². The van der Waals surface area contributed by atoms with Crippen LogP contribution in [0.3, 0.4) is 0 Å². The minimum Gasteiger partial charge on any atom is -0.486 e. The van der Waals surface area contributed by atoms with Gasteiger partial charge in [-0.2, -0.15) is 5.26 Å². The van der Waals surface area contributed by atoms with Crippen LogP contribution in [0.4, 0.5) is 14.5 Å². The first-order valence-electron chi connectivity index (χ1n) is 8.91. The van der Waals surface area contributed by atoms with E-state index in [0.29, 0.717) is 11.1 Å². The zero-order valence-corrected chi connectivity index (χ0v) is 17.3. The number of carbonyl (C=O) groups is 1. The highest BCUT2D eigenvalue weighted by molar-refractivity contribution is 6.37. The molecule has 0 atom stereocenters. The van der Waals surface area contributed by atoms with Crippen LogP contribution in [0.2, 0.25) is 10.0 Å². The van der Waals surface area contributed by atoms with Crippen LogP contribution in [0.15, 0.2) is 66.2 Å². The molecular formula is C23H14Cl2F2N2O2. The van der Waals surface area contributed by atoms with Crippen molar-refractivity contribution in [3.8, 4) is 11.8 Å². The quantitative estimate of drug-likeness (QED) is 0.343. The first kappa shape index (κ1) is 22.3. The summed E-state index contributed by atoms with van der Waals surface area (Å²) in [5.41, 5.74) is 0.635. The summed E-state index contributed by atoms with van der Waals surface area (Å²) in [4.78, 5) is 12.3. The van der Waals surface area contributed by atoms with Gasteiger partial charge in [0, 0.05) is 0 Å². The van der Waals surface area contributed by atoms with Crippen LogP contribution in [-0.4, -0.2) is 5.91 Å². The van der Waals surface area contributed by atoms with Gasteiger partial charge in [0.1, 0.15) is 29.9 Å². The van der Waals surface area contributed by atoms with E-state index < -0.39 is 17.5 Å². The molecule has 0 fully saturated rings. The van der Waals surface area contributed by atoms with Crippen molar-refractivity contribution < 1.29 is 18.3 Å². The average molecular weight is 459 g/mol. The molecule has 156 valence electrons. The zero-order chi connectivity index (χ0) is 22.4. The van der Waals surface area contributed by atoms with Gasteiger partial charge in [-0.1, -0.05) is 47.5 Å². The summed E-state index contributed by atoms with van der Waals surface area (Å²) in [6, 6.07) is 16.2. The van der Waals surface area contributed by atoms with Crippen LogP contribution in [0, 0.1) is 23.0 Å². The molecule has 3 aromatic carbocycles. The third kappa shape index (κ3) is 5.82. The highest BCUT2D eigenvalue weighted by atomic mass is 35.5. The van der Waals surface area contributed by atoms with Crippen LogP contribution in [0.25, 0.3) is 6.08 Å². The Hall–Kier alpha value is -3.40. The molecule has 0 bridgehead atoms. The average Bonchev–Trinajstić information content (AvgIpc) is 2.73. The molecule has 0 heterocycles. The predicted molar refractivity (Wildman–Crippen MR) is 116 cm³/mol. The molecular weight excluding hydrogens is 445 g/mol. The Labute approximate surface area is 187 Å². The predicted octanol–water partition coefficient (Wildman–Crippen LogP) is 6.40. The van der Waals surface area contributed by atoms with Crippen LogP contribution in [0.1, 0.15) is 11.1 Å². The number of nitrogens with zero attached hydrogens (tertiary/aromatic N) is 1. The Morgan fingerprint density at radius 2 is 1.77 bits per heavy atom. The van der Waals surface area contributed by atoms with Gasteiger partial charge in [0.15, 0.2) is 5.75 Å². The SMILES string of the molecule is N#C/C(=C/c1cc(Cl)c(OCc2cccc(F)c2)c(Cl)c1)C(=O)Nc1ccccc1F. The second-order valence-electron chi connectivity index (χ2n) is 6.34. The number of rotatable bonds is 6. The molecule has 3 rings (SSSR count). The van der Waals surface area contributed by atoms with Gasteiger partial charge in [0.2, 0.25) is 0 Å². The monoisotopic (exact) mass is 458 g/mol. The lowest BCUT2D eigenvalue weighted by atomic mass is 10.1. The molecule has 0 aromatic heterocycles. The summed E-state index contributed by atoms with van der Waals surface area (Å²) in [6.07, 6.45) is 1.27. The Kier molecular flexibility index (Phi) is 7.24. The lowest BCUT2D eigenvalue weighted by molar-refractivity contribution is -0.112. The second kappa shape index (κ2) is 10.1. The van der Waals surface area contributed by atoms with E-state index in [1.54, 1.807) is 24.3 Å². The Bertz CT molecular complexity index is 1180. The molecule has 0 aliphatic carbocycles. The van der Waals surface area contributed by atoms with Gasteiger partial charge in [0.25, 0.3) is 5.91 Å². The number of halogens is 4. The molecule has 0 unspecified atom stereocenters. The molecule has 0 radical (unpaired) electrons. The lowest BCUT2D eigenvalue weighted by Gasteiger charge is -2.11. The van der Waals surface area contributed by atoms with Crippen LogP contribution in [0.5, 0.6) is 5.75 Å². The standard InChI is InChI=1S/C23H14Cl2F2N2O2/c24-18-10-15(8-16(12-28)23(30)29-21-7-2-1-6-20(21)27)11-19(25)22(18)31-13-14-4-3-5-17(26)9-14/h1-11H,13H2,(H,29,30)/b16-8-. The van der Waals surface area contributed by atoms with E-state index >= 15 is 0 Å². The number of para-hydroxylation sites is 1. The topological polar surface area (TPSA) is 62.1 Å². The van der Waals surface area contributed by atoms with Gasteiger partial charge in [0.05, 0.1) is 15.7 Å². The molecule has 31 heavy (non-hydrogen) atoms. The normalized spacial score (nSPS) is 11.0. The summed E-state index contributed by atoms with van der Waals surface area (Å²) in [6.45, 7) is 0.0425. The molecule has 3 aromatic rings. The number of hydrogen-bond donors (Lipinski definition) is 1. The van der Waals surface area contributed by atoms with E-state index in [0.717, 1.165) is 0 Å². The van der Waals surface area contributed by atoms with Crippen LogP contribution in [-0.2, 0) is 11.4 Å². The zero-order valence-electron chi connectivity index (χ0n) is 15.8. The minimum atomic E-state index is -0.786. The summed E-state index contributed by atoms with van der Waals surface area (Å²) in [5.74, 6) is -1.62. The van der Waals surface area contributed by atoms with Crippen molar-refractivity contribution in [2.75, 3.05) is 5.32 Å². The van der Waals surface area contributed by atoms with Crippen molar-refractivity contribution in [1.29, 1.82) is 5.26 Å². The molecule has 0 saturated heterocycles. The molecule has 8 heteroatoms. The van der Waals surface area contributed by atoms with Crippen molar-refractivity contribution in [3.63, 3.8) is 0 Å². The number of anilines is 1. The van der Waals surface area contributed by atoms with E-state index in [4.69, 9.17) is 27.9 Å². The maximum Gasteiger partial charge on any atom is 0.266 e. The number of nitrogens with one attached hydrogen (secondary N) is 1. The van der Waals surface area contributed by atoms with Crippen molar-refractivity contribution in [3.05, 3.63) is 99.0 Å². The van der Waals surface area contributed by atoms with E-state index in [1.165, 1.54) is 48.5 Å². The van der Waals surface area contributed by atoms with E-state index in [1.807, 2.05) is 0 Å². The van der Waals surface area contributed by atoms with Crippen LogP contribution < -0.4 is 10.1 Å². The molecule has 4 nitrogen and oxygen atoms in total. The minimum absolute atomic E-state index is 0.0425. The molecule has 0 aliphatic heterocycles. The maximum atomic E-state index is 13.7. The summed E-state index contributed by atoms with van der Waals surface area (Å²) in [7, 11) is 0. The fourth-order valence-corrected chi connectivity index (χ4v) is 3.26. The maximum absolute atomic E-state index is 13.7. The van der Waals surface area contributed by atoms with Crippen molar-refractivity contribution >= 4 is 40.9 Å². The Balaban J connectivity index is 1.78. The number of carbonyl (C=O) groups excluding carboxylic acids is 1. The number of hydrogen-bond acceptors (Lipinski definition) is 3. The molecule has 1 N–H and O–H groups in total. The molecule has 0 saturated carbocycles. The Morgan fingerprint density at radius 1 is 1.06 bits per heavy atom. The van der Waals surface area contributed by atoms with Crippen molar-refractivity contribution in [2.24, 2.45) is 0 Å². The first-order valence-corrected chi connectivity index (χ1v) is 9.67. The van der Waals surface area contributed by atoms with Gasteiger partial charge in [-0.3, -0.25) is 4.79 Å². The van der Waals surface area contributed by atoms with Gasteiger partial charge in [-0.25, -0.2) is 8.78 Å². The summed E-state index contributed by atoms with van der Waals surface area (Å²) < 4.78 is 32.6. The highest BCUT2D eigenvalue weighted by Crippen LogP contribution is 2.35. The number of nitriles is 1. The largest absolute Gasteiger partial charge is 0.486 e. The third-order valence-electron chi connectivity index (χ3n) is 4.09. The fraction of sp³-hybridized carbons (Fsp3) is 0.0435.